The Kier molecular flexibility index (Phi) is 4.81. The molecule has 1 N–H and O–H groups in total. The topological polar surface area (TPSA) is 79.8 Å². The maximum absolute atomic E-state index is 11.1. The fourth-order valence-corrected chi connectivity index (χ4v) is 3.45. The molecule has 142 valence electrons. The van der Waals surface area contributed by atoms with Crippen molar-refractivity contribution in [1.82, 2.24) is 14.9 Å². The fourth-order valence-electron chi connectivity index (χ4n) is 3.45. The predicted molar refractivity (Wildman–Crippen MR) is 101 cm³/mol. The quantitative estimate of drug-likeness (QED) is 0.883. The van der Waals surface area contributed by atoms with E-state index in [1.54, 1.807) is 12.4 Å². The zero-order valence-corrected chi connectivity index (χ0v) is 15.5. The third-order valence-electron chi connectivity index (χ3n) is 4.98. The smallest absolute Gasteiger partial charge is 0.231 e. The van der Waals surface area contributed by atoms with Crippen molar-refractivity contribution < 1.29 is 14.3 Å². The molecule has 1 saturated heterocycles. The normalized spacial score (nSPS) is 17.6. The van der Waals surface area contributed by atoms with Gasteiger partial charge < -0.3 is 19.7 Å². The van der Waals surface area contributed by atoms with E-state index >= 15 is 0 Å². The Morgan fingerprint density at radius 1 is 1.11 bits per heavy atom. The number of rotatable bonds is 4. The number of amides is 1. The van der Waals surface area contributed by atoms with Crippen LogP contribution in [0.2, 0.25) is 0 Å². The van der Waals surface area contributed by atoms with Crippen molar-refractivity contribution in [3.05, 3.63) is 36.2 Å². The van der Waals surface area contributed by atoms with Gasteiger partial charge in [0, 0.05) is 39.1 Å². The lowest BCUT2D eigenvalue weighted by atomic mass is 10.1. The highest BCUT2D eigenvalue weighted by Gasteiger charge is 2.25. The van der Waals surface area contributed by atoms with Crippen LogP contribution in [-0.2, 0) is 4.79 Å². The van der Waals surface area contributed by atoms with Crippen LogP contribution in [-0.4, -0.2) is 53.7 Å². The first-order valence-electron chi connectivity index (χ1n) is 9.08. The molecule has 1 unspecified atom stereocenters. The van der Waals surface area contributed by atoms with Crippen LogP contribution in [0.5, 0.6) is 11.5 Å². The van der Waals surface area contributed by atoms with Crippen molar-refractivity contribution in [3.8, 4) is 11.5 Å². The van der Waals surface area contributed by atoms with Crippen molar-refractivity contribution in [2.75, 3.05) is 43.2 Å². The third kappa shape index (κ3) is 3.80. The summed E-state index contributed by atoms with van der Waals surface area (Å²) in [5, 5.41) is 2.68. The van der Waals surface area contributed by atoms with Crippen LogP contribution in [0.4, 0.5) is 11.6 Å². The van der Waals surface area contributed by atoms with Gasteiger partial charge >= 0.3 is 0 Å². The minimum Gasteiger partial charge on any atom is -0.454 e. The molecule has 1 atom stereocenters. The van der Waals surface area contributed by atoms with Gasteiger partial charge in [-0.2, -0.15) is 0 Å². The van der Waals surface area contributed by atoms with Gasteiger partial charge in [0.1, 0.15) is 0 Å². The van der Waals surface area contributed by atoms with Gasteiger partial charge in [-0.3, -0.25) is 9.69 Å². The summed E-state index contributed by atoms with van der Waals surface area (Å²) < 4.78 is 10.9. The van der Waals surface area contributed by atoms with Crippen LogP contribution in [0.25, 0.3) is 0 Å². The number of hydrogen-bond acceptors (Lipinski definition) is 7. The van der Waals surface area contributed by atoms with E-state index in [0.717, 1.165) is 37.7 Å². The zero-order valence-electron chi connectivity index (χ0n) is 15.5. The van der Waals surface area contributed by atoms with Crippen LogP contribution >= 0.6 is 0 Å². The van der Waals surface area contributed by atoms with Crippen LogP contribution in [0, 0.1) is 0 Å². The number of anilines is 2. The molecule has 0 saturated carbocycles. The maximum atomic E-state index is 11.1. The minimum atomic E-state index is -0.127. The third-order valence-corrected chi connectivity index (χ3v) is 4.98. The Labute approximate surface area is 158 Å². The Bertz CT molecular complexity index is 819. The number of ether oxygens (including phenoxy) is 2. The Morgan fingerprint density at radius 2 is 1.81 bits per heavy atom. The lowest BCUT2D eigenvalue weighted by Crippen LogP contribution is -2.47. The first-order valence-corrected chi connectivity index (χ1v) is 9.08. The van der Waals surface area contributed by atoms with Gasteiger partial charge in [-0.1, -0.05) is 6.07 Å². The minimum absolute atomic E-state index is 0.127. The molecule has 1 fully saturated rings. The first-order chi connectivity index (χ1) is 13.1. The van der Waals surface area contributed by atoms with Crippen LogP contribution < -0.4 is 19.7 Å². The zero-order chi connectivity index (χ0) is 18.8. The number of piperazine rings is 1. The number of carbonyl (C=O) groups excluding carboxylic acids is 1. The second-order valence-corrected chi connectivity index (χ2v) is 6.76. The summed E-state index contributed by atoms with van der Waals surface area (Å²) in [5.74, 6) is 2.21. The van der Waals surface area contributed by atoms with E-state index in [1.165, 1.54) is 12.5 Å². The summed E-state index contributed by atoms with van der Waals surface area (Å²) in [7, 11) is 0. The lowest BCUT2D eigenvalue weighted by molar-refractivity contribution is -0.114. The average Bonchev–Trinajstić information content (AvgIpc) is 3.15. The van der Waals surface area contributed by atoms with Gasteiger partial charge in [-0.05, 0) is 24.6 Å². The van der Waals surface area contributed by atoms with Gasteiger partial charge in [0.15, 0.2) is 11.5 Å². The number of fused-ring (bicyclic) bond motifs is 1. The van der Waals surface area contributed by atoms with E-state index in [4.69, 9.17) is 9.47 Å². The van der Waals surface area contributed by atoms with Crippen LogP contribution in [0.1, 0.15) is 25.5 Å². The molecule has 1 amide bonds. The van der Waals surface area contributed by atoms with Gasteiger partial charge in [0.25, 0.3) is 0 Å². The Hall–Kier alpha value is -2.87. The molecule has 4 rings (SSSR count). The number of nitrogens with zero attached hydrogens (tertiary/aromatic N) is 4. The second kappa shape index (κ2) is 7.40. The number of aromatic nitrogens is 2. The van der Waals surface area contributed by atoms with E-state index in [2.05, 4.69) is 44.1 Å². The molecule has 3 heterocycles. The maximum Gasteiger partial charge on any atom is 0.231 e. The summed E-state index contributed by atoms with van der Waals surface area (Å²) in [6.45, 7) is 7.54. The molecule has 0 radical (unpaired) electrons. The molecule has 0 aliphatic carbocycles. The molecule has 27 heavy (non-hydrogen) atoms. The Balaban J connectivity index is 1.36. The summed E-state index contributed by atoms with van der Waals surface area (Å²) >= 11 is 0. The second-order valence-electron chi connectivity index (χ2n) is 6.76. The van der Waals surface area contributed by atoms with Crippen LogP contribution in [0.15, 0.2) is 30.6 Å². The molecule has 0 spiro atoms. The van der Waals surface area contributed by atoms with E-state index in [9.17, 15) is 4.79 Å². The van der Waals surface area contributed by atoms with Crippen molar-refractivity contribution in [1.29, 1.82) is 0 Å². The fraction of sp³-hybridized carbons (Fsp3) is 0.421. The van der Waals surface area contributed by atoms with Crippen molar-refractivity contribution in [2.24, 2.45) is 0 Å². The van der Waals surface area contributed by atoms with Crippen LogP contribution in [0.3, 0.4) is 0 Å². The molecule has 8 nitrogen and oxygen atoms in total. The largest absolute Gasteiger partial charge is 0.454 e. The van der Waals surface area contributed by atoms with Gasteiger partial charge in [0.2, 0.25) is 18.6 Å². The lowest BCUT2D eigenvalue weighted by Gasteiger charge is -2.38. The van der Waals surface area contributed by atoms with E-state index in [1.807, 2.05) is 6.07 Å². The molecule has 1 aromatic heterocycles. The SMILES string of the molecule is CC(=O)Nc1cnc(N2CCN(C(C)c3ccc4c(c3)OCO4)CC2)nc1. The standard InChI is InChI=1S/C19H23N5O3/c1-13(15-3-4-17-18(9-15)27-12-26-17)23-5-7-24(8-6-23)19-20-10-16(11-21-19)22-14(2)25/h3-4,9-11,13H,5-8,12H2,1-2H3,(H,22,25). The average molecular weight is 369 g/mol. The summed E-state index contributed by atoms with van der Waals surface area (Å²) in [4.78, 5) is 24.4. The van der Waals surface area contributed by atoms with Gasteiger partial charge in [-0.15, -0.1) is 0 Å². The number of hydrogen-bond donors (Lipinski definition) is 1. The molecule has 2 aromatic rings. The number of nitrogens with one attached hydrogen (secondary N) is 1. The number of carbonyl (C=O) groups is 1. The van der Waals surface area contributed by atoms with Gasteiger partial charge in [-0.25, -0.2) is 9.97 Å². The molecule has 1 aromatic carbocycles. The molecule has 2 aliphatic rings. The molecule has 8 heteroatoms. The van der Waals surface area contributed by atoms with E-state index in [0.29, 0.717) is 24.5 Å². The Morgan fingerprint density at radius 3 is 2.52 bits per heavy atom. The molecule has 0 bridgehead atoms. The molecular weight excluding hydrogens is 346 g/mol. The number of benzene rings is 1. The highest BCUT2D eigenvalue weighted by molar-refractivity contribution is 5.88. The molecular formula is C19H23N5O3. The first kappa shape index (κ1) is 17.5. The molecule has 2 aliphatic heterocycles. The van der Waals surface area contributed by atoms with Gasteiger partial charge in [0.05, 0.1) is 18.1 Å². The van der Waals surface area contributed by atoms with E-state index in [-0.39, 0.29) is 5.91 Å². The van der Waals surface area contributed by atoms with E-state index < -0.39 is 0 Å². The highest BCUT2D eigenvalue weighted by atomic mass is 16.7. The summed E-state index contributed by atoms with van der Waals surface area (Å²) in [6, 6.07) is 6.46. The highest BCUT2D eigenvalue weighted by Crippen LogP contribution is 2.35. The van der Waals surface area contributed by atoms with Crippen molar-refractivity contribution in [3.63, 3.8) is 0 Å². The summed E-state index contributed by atoms with van der Waals surface area (Å²) in [5.41, 5.74) is 1.84. The summed E-state index contributed by atoms with van der Waals surface area (Å²) in [6.07, 6.45) is 3.29. The van der Waals surface area contributed by atoms with Crippen molar-refractivity contribution >= 4 is 17.5 Å². The van der Waals surface area contributed by atoms with Crippen molar-refractivity contribution in [2.45, 2.75) is 19.9 Å². The monoisotopic (exact) mass is 369 g/mol. The predicted octanol–water partition coefficient (Wildman–Crippen LogP) is 2.05.